The van der Waals surface area contributed by atoms with Gasteiger partial charge in [0.05, 0.1) is 18.1 Å². The van der Waals surface area contributed by atoms with Crippen molar-refractivity contribution < 1.29 is 31.1 Å². The maximum absolute atomic E-state index is 12.9. The second-order valence-corrected chi connectivity index (χ2v) is 6.29. The Labute approximate surface area is 168 Å². The van der Waals surface area contributed by atoms with Crippen LogP contribution in [0.1, 0.15) is 21.9 Å². The summed E-state index contributed by atoms with van der Waals surface area (Å²) in [5.74, 6) is -1.21. The van der Waals surface area contributed by atoms with Crippen LogP contribution < -0.4 is 5.32 Å². The number of nitrogens with zero attached hydrogens (tertiary/aromatic N) is 6. The molecule has 0 bridgehead atoms. The van der Waals surface area contributed by atoms with E-state index in [2.05, 4.69) is 25.5 Å². The van der Waals surface area contributed by atoms with E-state index in [1.165, 1.54) is 7.05 Å². The molecule has 1 N–H and O–H groups in total. The number of halogens is 7. The highest BCUT2D eigenvalue weighted by molar-refractivity contribution is 6.34. The highest BCUT2D eigenvalue weighted by atomic mass is 35.5. The van der Waals surface area contributed by atoms with Crippen molar-refractivity contribution in [3.63, 3.8) is 0 Å². The van der Waals surface area contributed by atoms with Gasteiger partial charge in [0, 0.05) is 14.1 Å². The van der Waals surface area contributed by atoms with Crippen molar-refractivity contribution in [2.75, 3.05) is 5.32 Å². The van der Waals surface area contributed by atoms with Crippen molar-refractivity contribution in [2.45, 2.75) is 12.4 Å². The fourth-order valence-corrected chi connectivity index (χ4v) is 2.82. The second-order valence-electron chi connectivity index (χ2n) is 5.91. The zero-order chi connectivity index (χ0) is 22.4. The van der Waals surface area contributed by atoms with Gasteiger partial charge in [-0.1, -0.05) is 11.6 Å². The van der Waals surface area contributed by atoms with E-state index in [1.54, 1.807) is 0 Å². The number of carbonyl (C=O) groups excluding carboxylic acids is 1. The lowest BCUT2D eigenvalue weighted by atomic mass is 10.3. The fourth-order valence-electron chi connectivity index (χ4n) is 2.47. The van der Waals surface area contributed by atoms with Crippen LogP contribution in [0.3, 0.4) is 0 Å². The summed E-state index contributed by atoms with van der Waals surface area (Å²) in [4.78, 5) is 20.0. The number of nitrogens with one attached hydrogen (secondary N) is 1. The van der Waals surface area contributed by atoms with Crippen LogP contribution in [0.5, 0.6) is 0 Å². The maximum Gasteiger partial charge on any atom is 0.436 e. The summed E-state index contributed by atoms with van der Waals surface area (Å²) in [6, 6.07) is 0.774. The summed E-state index contributed by atoms with van der Waals surface area (Å²) < 4.78 is 78.5. The molecule has 0 fully saturated rings. The molecule has 160 valence electrons. The molecule has 0 aliphatic rings. The van der Waals surface area contributed by atoms with Crippen LogP contribution >= 0.6 is 11.6 Å². The molecular formula is C15H10ClF6N7O. The highest BCUT2D eigenvalue weighted by Gasteiger charge is 2.40. The Balaban J connectivity index is 1.83. The summed E-state index contributed by atoms with van der Waals surface area (Å²) in [5, 5.41) is 7.85. The molecule has 0 saturated heterocycles. The molecule has 0 aliphatic carbocycles. The van der Waals surface area contributed by atoms with Gasteiger partial charge >= 0.3 is 12.4 Å². The van der Waals surface area contributed by atoms with Crippen LogP contribution in [0, 0.1) is 0 Å². The van der Waals surface area contributed by atoms with Crippen LogP contribution in [-0.2, 0) is 26.4 Å². The first-order chi connectivity index (χ1) is 13.8. The SMILES string of the molecule is Cn1nc(C(F)(F)F)cc1-c1cnc(NC(=O)c2c(Cl)c(C(F)(F)F)nn2C)cn1. The number of rotatable bonds is 3. The van der Waals surface area contributed by atoms with Gasteiger partial charge in [-0.3, -0.25) is 14.2 Å². The lowest BCUT2D eigenvalue weighted by molar-refractivity contribution is -0.142. The topological polar surface area (TPSA) is 90.5 Å². The monoisotopic (exact) mass is 453 g/mol. The van der Waals surface area contributed by atoms with E-state index in [9.17, 15) is 31.1 Å². The molecule has 0 radical (unpaired) electrons. The van der Waals surface area contributed by atoms with Gasteiger partial charge in [0.25, 0.3) is 5.91 Å². The van der Waals surface area contributed by atoms with Gasteiger partial charge in [0.1, 0.15) is 16.4 Å². The second kappa shape index (κ2) is 7.27. The van der Waals surface area contributed by atoms with Gasteiger partial charge < -0.3 is 5.32 Å². The van der Waals surface area contributed by atoms with Gasteiger partial charge in [-0.05, 0) is 6.07 Å². The third-order valence-electron chi connectivity index (χ3n) is 3.80. The predicted molar refractivity (Wildman–Crippen MR) is 90.4 cm³/mol. The Kier molecular flexibility index (Phi) is 5.22. The molecule has 15 heteroatoms. The largest absolute Gasteiger partial charge is 0.436 e. The molecule has 0 aliphatic heterocycles. The Morgan fingerprint density at radius 3 is 2.13 bits per heavy atom. The number of amides is 1. The predicted octanol–water partition coefficient (Wildman–Crippen LogP) is 3.55. The number of anilines is 1. The minimum atomic E-state index is -4.85. The maximum atomic E-state index is 12.9. The van der Waals surface area contributed by atoms with Gasteiger partial charge in [-0.25, -0.2) is 9.97 Å². The molecule has 30 heavy (non-hydrogen) atoms. The van der Waals surface area contributed by atoms with E-state index in [0.717, 1.165) is 30.2 Å². The molecule has 3 heterocycles. The summed E-state index contributed by atoms with van der Waals surface area (Å²) in [6.45, 7) is 0. The van der Waals surface area contributed by atoms with Gasteiger partial charge in [-0.15, -0.1) is 0 Å². The quantitative estimate of drug-likeness (QED) is 0.612. The first kappa shape index (κ1) is 21.5. The number of hydrogen-bond donors (Lipinski definition) is 1. The summed E-state index contributed by atoms with van der Waals surface area (Å²) in [5.41, 5.74) is -3.06. The minimum Gasteiger partial charge on any atom is -0.304 e. The van der Waals surface area contributed by atoms with E-state index >= 15 is 0 Å². The van der Waals surface area contributed by atoms with E-state index in [1.807, 2.05) is 0 Å². The Hall–Kier alpha value is -3.16. The normalized spacial score (nSPS) is 12.3. The molecular weight excluding hydrogens is 444 g/mol. The zero-order valence-electron chi connectivity index (χ0n) is 15.0. The van der Waals surface area contributed by atoms with Crippen LogP contribution in [-0.4, -0.2) is 35.4 Å². The molecule has 0 spiro atoms. The van der Waals surface area contributed by atoms with Crippen molar-refractivity contribution in [3.8, 4) is 11.4 Å². The Morgan fingerprint density at radius 2 is 1.67 bits per heavy atom. The van der Waals surface area contributed by atoms with E-state index in [4.69, 9.17) is 11.6 Å². The van der Waals surface area contributed by atoms with E-state index < -0.39 is 40.4 Å². The van der Waals surface area contributed by atoms with Crippen LogP contribution in [0.25, 0.3) is 11.4 Å². The molecule has 0 aromatic carbocycles. The first-order valence-corrected chi connectivity index (χ1v) is 8.21. The molecule has 0 saturated carbocycles. The average Bonchev–Trinajstić information content (AvgIpc) is 3.15. The molecule has 3 rings (SSSR count). The van der Waals surface area contributed by atoms with Gasteiger partial charge in [0.2, 0.25) is 0 Å². The molecule has 3 aromatic heterocycles. The smallest absolute Gasteiger partial charge is 0.304 e. The van der Waals surface area contributed by atoms with Crippen LogP contribution in [0.4, 0.5) is 32.2 Å². The van der Waals surface area contributed by atoms with Crippen molar-refractivity contribution in [1.29, 1.82) is 0 Å². The van der Waals surface area contributed by atoms with Crippen molar-refractivity contribution >= 4 is 23.3 Å². The van der Waals surface area contributed by atoms with Crippen molar-refractivity contribution in [2.24, 2.45) is 14.1 Å². The van der Waals surface area contributed by atoms with Crippen LogP contribution in [0.15, 0.2) is 18.5 Å². The standard InChI is InChI=1S/C15H10ClF6N7O/c1-28-7(3-8(26-28)14(17,18)19)6-4-24-9(5-23-6)25-13(30)11-10(16)12(15(20,21)22)27-29(11)2/h3-5H,1-2H3,(H,24,25,30). The minimum absolute atomic E-state index is 0.0113. The molecule has 3 aromatic rings. The molecule has 1 amide bonds. The van der Waals surface area contributed by atoms with E-state index in [-0.39, 0.29) is 17.2 Å². The van der Waals surface area contributed by atoms with Crippen LogP contribution in [0.2, 0.25) is 5.02 Å². The Morgan fingerprint density at radius 1 is 1.00 bits per heavy atom. The number of aryl methyl sites for hydroxylation is 2. The number of carbonyl (C=O) groups is 1. The molecule has 8 nitrogen and oxygen atoms in total. The highest BCUT2D eigenvalue weighted by Crippen LogP contribution is 2.35. The van der Waals surface area contributed by atoms with Gasteiger partial charge in [-0.2, -0.15) is 36.5 Å². The van der Waals surface area contributed by atoms with Crippen molar-refractivity contribution in [1.82, 2.24) is 29.5 Å². The van der Waals surface area contributed by atoms with Crippen molar-refractivity contribution in [3.05, 3.63) is 40.6 Å². The lowest BCUT2D eigenvalue weighted by Crippen LogP contribution is -2.17. The lowest BCUT2D eigenvalue weighted by Gasteiger charge is -2.06. The first-order valence-electron chi connectivity index (χ1n) is 7.83. The zero-order valence-corrected chi connectivity index (χ0v) is 15.7. The molecule has 0 unspecified atom stereocenters. The summed E-state index contributed by atoms with van der Waals surface area (Å²) >= 11 is 5.64. The Bertz CT molecular complexity index is 1100. The number of alkyl halides is 6. The molecule has 0 atom stereocenters. The average molecular weight is 454 g/mol. The third kappa shape index (κ3) is 4.08. The van der Waals surface area contributed by atoms with Gasteiger partial charge in [0.15, 0.2) is 17.2 Å². The summed E-state index contributed by atoms with van der Waals surface area (Å²) in [7, 11) is 2.38. The number of hydrogen-bond acceptors (Lipinski definition) is 5. The van der Waals surface area contributed by atoms with E-state index in [0.29, 0.717) is 4.68 Å². The third-order valence-corrected chi connectivity index (χ3v) is 4.16. The number of aromatic nitrogens is 6. The summed E-state index contributed by atoms with van der Waals surface area (Å²) in [6.07, 6.45) is -7.41. The fraction of sp³-hybridized carbons (Fsp3) is 0.267.